The van der Waals surface area contributed by atoms with Gasteiger partial charge in [0.05, 0.1) is 0 Å². The normalized spacial score (nSPS) is 10.6. The summed E-state index contributed by atoms with van der Waals surface area (Å²) >= 11 is 5.85. The molecule has 0 bridgehead atoms. The molecule has 3 aromatic rings. The van der Waals surface area contributed by atoms with E-state index >= 15 is 0 Å². The third kappa shape index (κ3) is 3.78. The molecule has 3 rings (SSSR count). The molecular formula is C17H15ClN4O2. The Morgan fingerprint density at radius 1 is 1.12 bits per heavy atom. The molecule has 0 radical (unpaired) electrons. The van der Waals surface area contributed by atoms with E-state index in [-0.39, 0.29) is 17.7 Å². The van der Waals surface area contributed by atoms with Crippen LogP contribution in [-0.2, 0) is 6.42 Å². The van der Waals surface area contributed by atoms with Crippen molar-refractivity contribution in [1.82, 2.24) is 20.1 Å². The third-order valence-corrected chi connectivity index (χ3v) is 3.78. The first kappa shape index (κ1) is 16.1. The number of likely N-dealkylation sites (N-methyl/N-ethyl adjacent to an activating group) is 1. The lowest BCUT2D eigenvalue weighted by molar-refractivity contribution is 0.0758. The van der Waals surface area contributed by atoms with E-state index in [1.54, 1.807) is 48.6 Å². The van der Waals surface area contributed by atoms with Gasteiger partial charge < -0.3 is 9.32 Å². The average molecular weight is 343 g/mol. The molecule has 0 atom stereocenters. The SMILES string of the molecule is CN(CCc1ccncc1)C(=O)c1nnc(-c2ccc(Cl)cc2)o1. The molecule has 1 aromatic carbocycles. The minimum Gasteiger partial charge on any atom is -0.412 e. The van der Waals surface area contributed by atoms with Crippen LogP contribution in [0.4, 0.5) is 0 Å². The molecule has 2 heterocycles. The maximum absolute atomic E-state index is 12.4. The van der Waals surface area contributed by atoms with Gasteiger partial charge in [0.15, 0.2) is 0 Å². The molecule has 1 amide bonds. The predicted molar refractivity (Wildman–Crippen MR) is 89.6 cm³/mol. The molecule has 7 heteroatoms. The number of carbonyl (C=O) groups is 1. The van der Waals surface area contributed by atoms with Crippen molar-refractivity contribution in [1.29, 1.82) is 0 Å². The van der Waals surface area contributed by atoms with Crippen LogP contribution in [0, 0.1) is 0 Å². The second kappa shape index (κ2) is 7.23. The number of nitrogens with zero attached hydrogens (tertiary/aromatic N) is 4. The van der Waals surface area contributed by atoms with E-state index in [0.717, 1.165) is 12.0 Å². The molecule has 0 N–H and O–H groups in total. The van der Waals surface area contributed by atoms with Gasteiger partial charge >= 0.3 is 11.8 Å². The van der Waals surface area contributed by atoms with Crippen LogP contribution in [0.3, 0.4) is 0 Å². The van der Waals surface area contributed by atoms with E-state index in [1.807, 2.05) is 12.1 Å². The quantitative estimate of drug-likeness (QED) is 0.712. The maximum Gasteiger partial charge on any atom is 0.311 e. The number of carbonyl (C=O) groups excluding carboxylic acids is 1. The number of hydrogen-bond acceptors (Lipinski definition) is 5. The number of halogens is 1. The van der Waals surface area contributed by atoms with Crippen molar-refractivity contribution >= 4 is 17.5 Å². The molecule has 0 aliphatic carbocycles. The minimum atomic E-state index is -0.309. The maximum atomic E-state index is 12.4. The van der Waals surface area contributed by atoms with Gasteiger partial charge in [0.2, 0.25) is 5.89 Å². The molecule has 0 aliphatic rings. The standard InChI is InChI=1S/C17H15ClN4O2/c1-22(11-8-12-6-9-19-10-7-12)17(23)16-21-20-15(24-16)13-2-4-14(18)5-3-13/h2-7,9-10H,8,11H2,1H3. The van der Waals surface area contributed by atoms with E-state index < -0.39 is 0 Å². The van der Waals surface area contributed by atoms with E-state index in [2.05, 4.69) is 15.2 Å². The van der Waals surface area contributed by atoms with Crippen molar-refractivity contribution < 1.29 is 9.21 Å². The van der Waals surface area contributed by atoms with Gasteiger partial charge in [0.25, 0.3) is 0 Å². The Hall–Kier alpha value is -2.73. The Bertz CT molecular complexity index is 818. The average Bonchev–Trinajstić information content (AvgIpc) is 3.10. The van der Waals surface area contributed by atoms with Gasteiger partial charge in [-0.05, 0) is 48.4 Å². The zero-order chi connectivity index (χ0) is 16.9. The number of hydrogen-bond donors (Lipinski definition) is 0. The first-order valence-electron chi connectivity index (χ1n) is 7.37. The van der Waals surface area contributed by atoms with Crippen molar-refractivity contribution in [2.24, 2.45) is 0 Å². The van der Waals surface area contributed by atoms with Gasteiger partial charge in [-0.15, -0.1) is 10.2 Å². The van der Waals surface area contributed by atoms with Crippen molar-refractivity contribution in [3.8, 4) is 11.5 Å². The molecule has 0 saturated heterocycles. The summed E-state index contributed by atoms with van der Waals surface area (Å²) < 4.78 is 5.48. The summed E-state index contributed by atoms with van der Waals surface area (Å²) in [6, 6.07) is 10.8. The lowest BCUT2D eigenvalue weighted by Crippen LogP contribution is -2.29. The Kier molecular flexibility index (Phi) is 4.86. The number of aromatic nitrogens is 3. The van der Waals surface area contributed by atoms with Crippen LogP contribution in [0.5, 0.6) is 0 Å². The van der Waals surface area contributed by atoms with Crippen molar-refractivity contribution in [3.05, 3.63) is 65.3 Å². The first-order chi connectivity index (χ1) is 11.6. The summed E-state index contributed by atoms with van der Waals surface area (Å²) in [7, 11) is 1.70. The summed E-state index contributed by atoms with van der Waals surface area (Å²) in [5, 5.41) is 8.38. The van der Waals surface area contributed by atoms with Crippen molar-refractivity contribution in [3.63, 3.8) is 0 Å². The van der Waals surface area contributed by atoms with Crippen LogP contribution in [0.25, 0.3) is 11.5 Å². The fourth-order valence-corrected chi connectivity index (χ4v) is 2.26. The third-order valence-electron chi connectivity index (χ3n) is 3.53. The topological polar surface area (TPSA) is 72.1 Å². The zero-order valence-electron chi connectivity index (χ0n) is 13.0. The summed E-state index contributed by atoms with van der Waals surface area (Å²) in [4.78, 5) is 17.9. The van der Waals surface area contributed by atoms with Crippen LogP contribution in [-0.4, -0.2) is 39.6 Å². The van der Waals surface area contributed by atoms with E-state index in [4.69, 9.17) is 16.0 Å². The summed E-state index contributed by atoms with van der Waals surface area (Å²) in [5.74, 6) is -0.0495. The van der Waals surface area contributed by atoms with Crippen LogP contribution < -0.4 is 0 Å². The first-order valence-corrected chi connectivity index (χ1v) is 7.75. The zero-order valence-corrected chi connectivity index (χ0v) is 13.8. The molecule has 0 fully saturated rings. The largest absolute Gasteiger partial charge is 0.412 e. The van der Waals surface area contributed by atoms with Crippen LogP contribution >= 0.6 is 11.6 Å². The number of rotatable bonds is 5. The van der Waals surface area contributed by atoms with Gasteiger partial charge in [-0.2, -0.15) is 0 Å². The monoisotopic (exact) mass is 342 g/mol. The van der Waals surface area contributed by atoms with Crippen molar-refractivity contribution in [2.45, 2.75) is 6.42 Å². The number of benzene rings is 1. The lowest BCUT2D eigenvalue weighted by atomic mass is 10.2. The number of pyridine rings is 1. The van der Waals surface area contributed by atoms with Gasteiger partial charge in [0.1, 0.15) is 0 Å². The van der Waals surface area contributed by atoms with Gasteiger partial charge in [-0.3, -0.25) is 9.78 Å². The minimum absolute atomic E-state index is 0.0304. The second-order valence-electron chi connectivity index (χ2n) is 5.25. The van der Waals surface area contributed by atoms with Gasteiger partial charge in [0, 0.05) is 36.6 Å². The molecule has 0 spiro atoms. The van der Waals surface area contributed by atoms with Crippen LogP contribution in [0.2, 0.25) is 5.02 Å². The van der Waals surface area contributed by atoms with Gasteiger partial charge in [-0.25, -0.2) is 0 Å². The molecule has 122 valence electrons. The van der Waals surface area contributed by atoms with E-state index in [9.17, 15) is 4.79 Å². The van der Waals surface area contributed by atoms with Crippen molar-refractivity contribution in [2.75, 3.05) is 13.6 Å². The molecular weight excluding hydrogens is 328 g/mol. The molecule has 2 aromatic heterocycles. The fourth-order valence-electron chi connectivity index (χ4n) is 2.13. The Balaban J connectivity index is 1.65. The van der Waals surface area contributed by atoms with E-state index in [1.165, 1.54) is 0 Å². The Morgan fingerprint density at radius 3 is 2.54 bits per heavy atom. The highest BCUT2D eigenvalue weighted by molar-refractivity contribution is 6.30. The van der Waals surface area contributed by atoms with E-state index in [0.29, 0.717) is 17.1 Å². The predicted octanol–water partition coefficient (Wildman–Crippen LogP) is 3.10. The highest BCUT2D eigenvalue weighted by Gasteiger charge is 2.19. The smallest absolute Gasteiger partial charge is 0.311 e. The molecule has 24 heavy (non-hydrogen) atoms. The van der Waals surface area contributed by atoms with Crippen LogP contribution in [0.15, 0.2) is 53.2 Å². The molecule has 0 saturated carbocycles. The highest BCUT2D eigenvalue weighted by atomic mass is 35.5. The molecule has 0 unspecified atom stereocenters. The number of amides is 1. The Morgan fingerprint density at radius 2 is 1.83 bits per heavy atom. The fraction of sp³-hybridized carbons (Fsp3) is 0.176. The summed E-state index contributed by atoms with van der Waals surface area (Å²) in [6.07, 6.45) is 4.18. The Labute approximate surface area is 144 Å². The van der Waals surface area contributed by atoms with Gasteiger partial charge in [-0.1, -0.05) is 11.6 Å². The molecule has 0 aliphatic heterocycles. The van der Waals surface area contributed by atoms with Crippen LogP contribution in [0.1, 0.15) is 16.2 Å². The second-order valence-corrected chi connectivity index (χ2v) is 5.69. The molecule has 6 nitrogen and oxygen atoms in total. The summed E-state index contributed by atoms with van der Waals surface area (Å²) in [6.45, 7) is 0.543. The summed E-state index contributed by atoms with van der Waals surface area (Å²) in [5.41, 5.74) is 1.82. The highest BCUT2D eigenvalue weighted by Crippen LogP contribution is 2.20. The lowest BCUT2D eigenvalue weighted by Gasteiger charge is -2.14.